The molecular weight excluding hydrogens is 418 g/mol. The monoisotopic (exact) mass is 437 g/mol. The zero-order valence-corrected chi connectivity index (χ0v) is 17.4. The number of pyridine rings is 1. The average Bonchev–Trinajstić information content (AvgIpc) is 3.08. The van der Waals surface area contributed by atoms with Crippen LogP contribution in [-0.2, 0) is 16.6 Å². The van der Waals surface area contributed by atoms with E-state index >= 15 is 0 Å². The molecule has 0 saturated heterocycles. The lowest BCUT2D eigenvalue weighted by molar-refractivity contribution is -0.384. The predicted octanol–water partition coefficient (Wildman–Crippen LogP) is 3.54. The quantitative estimate of drug-likeness (QED) is 0.426. The number of benzene rings is 1. The number of nitro groups is 1. The van der Waals surface area contributed by atoms with Crippen LogP contribution < -0.4 is 5.32 Å². The van der Waals surface area contributed by atoms with Crippen LogP contribution in [0.1, 0.15) is 19.5 Å². The summed E-state index contributed by atoms with van der Waals surface area (Å²) in [6.07, 6.45) is 3.47. The van der Waals surface area contributed by atoms with E-state index in [1.54, 1.807) is 42.8 Å². The van der Waals surface area contributed by atoms with Gasteiger partial charge >= 0.3 is 0 Å². The third kappa shape index (κ3) is 4.34. The van der Waals surface area contributed by atoms with Crippen LogP contribution in [0.3, 0.4) is 0 Å². The van der Waals surface area contributed by atoms with Gasteiger partial charge in [-0.1, -0.05) is 25.4 Å². The highest BCUT2D eigenvalue weighted by atomic mass is 35.5. The van der Waals surface area contributed by atoms with Crippen molar-refractivity contribution in [2.75, 3.05) is 18.4 Å². The number of nitrogens with zero attached hydrogens (tertiary/aromatic N) is 4. The number of hydrogen-bond acceptors (Lipinski definition) is 6. The normalized spacial score (nSPS) is 11.9. The molecule has 154 valence electrons. The minimum Gasteiger partial charge on any atom is -0.374 e. The highest BCUT2D eigenvalue weighted by molar-refractivity contribution is 7.89. The number of fused-ring (bicyclic) bond motifs is 1. The second-order valence-corrected chi connectivity index (χ2v) is 8.60. The first-order valence-electron chi connectivity index (χ1n) is 8.91. The Bertz CT molecular complexity index is 1160. The van der Waals surface area contributed by atoms with Gasteiger partial charge in [-0.15, -0.1) is 0 Å². The van der Waals surface area contributed by atoms with Crippen LogP contribution in [0, 0.1) is 10.1 Å². The number of nitro benzene ring substituents is 1. The number of anilines is 1. The number of sulfonamides is 1. The van der Waals surface area contributed by atoms with Crippen molar-refractivity contribution in [3.8, 4) is 0 Å². The summed E-state index contributed by atoms with van der Waals surface area (Å²) in [7, 11) is -3.79. The molecule has 0 bridgehead atoms. The van der Waals surface area contributed by atoms with Crippen LogP contribution in [0.5, 0.6) is 0 Å². The molecule has 3 aromatic rings. The maximum atomic E-state index is 12.6. The Morgan fingerprint density at radius 1 is 1.21 bits per heavy atom. The molecule has 29 heavy (non-hydrogen) atoms. The van der Waals surface area contributed by atoms with E-state index in [9.17, 15) is 18.5 Å². The lowest BCUT2D eigenvalue weighted by Crippen LogP contribution is -2.30. The maximum Gasteiger partial charge on any atom is 0.293 e. The van der Waals surface area contributed by atoms with Gasteiger partial charge in [0, 0.05) is 31.5 Å². The molecule has 9 nitrogen and oxygen atoms in total. The fraction of sp³-hybridized carbons (Fsp3) is 0.278. The molecule has 2 heterocycles. The van der Waals surface area contributed by atoms with Crippen molar-refractivity contribution in [1.82, 2.24) is 13.7 Å². The predicted molar refractivity (Wildman–Crippen MR) is 111 cm³/mol. The number of rotatable bonds is 8. The van der Waals surface area contributed by atoms with Gasteiger partial charge in [-0.2, -0.15) is 4.31 Å². The van der Waals surface area contributed by atoms with Gasteiger partial charge in [-0.05, 0) is 24.3 Å². The second kappa shape index (κ2) is 8.36. The number of hydrogen-bond donors (Lipinski definition) is 1. The molecule has 0 unspecified atom stereocenters. The molecular formula is C18H20ClN5O4S. The zero-order valence-electron chi connectivity index (χ0n) is 15.9. The van der Waals surface area contributed by atoms with Gasteiger partial charge in [0.2, 0.25) is 10.0 Å². The first-order chi connectivity index (χ1) is 13.8. The molecule has 2 aromatic heterocycles. The largest absolute Gasteiger partial charge is 0.374 e. The molecule has 0 fully saturated rings. The molecule has 11 heteroatoms. The van der Waals surface area contributed by atoms with Crippen LogP contribution in [0.2, 0.25) is 5.02 Å². The number of aromatic nitrogens is 2. The summed E-state index contributed by atoms with van der Waals surface area (Å²) in [5, 5.41) is 15.1. The van der Waals surface area contributed by atoms with Crippen molar-refractivity contribution in [1.29, 1.82) is 0 Å². The SMILES string of the molecule is CCN(CC)S(=O)(=O)c1ccc(NCc2cn3cc(Cl)ccc3n2)c([N+](=O)[O-])c1. The summed E-state index contributed by atoms with van der Waals surface area (Å²) in [5.74, 6) is 0. The van der Waals surface area contributed by atoms with Crippen LogP contribution in [0.15, 0.2) is 47.6 Å². The molecule has 0 spiro atoms. The third-order valence-electron chi connectivity index (χ3n) is 4.43. The molecule has 0 amide bonds. The van der Waals surface area contributed by atoms with Crippen molar-refractivity contribution in [3.63, 3.8) is 0 Å². The van der Waals surface area contributed by atoms with Crippen molar-refractivity contribution >= 4 is 38.6 Å². The molecule has 0 aliphatic carbocycles. The van der Waals surface area contributed by atoms with Gasteiger partial charge in [-0.3, -0.25) is 10.1 Å². The van der Waals surface area contributed by atoms with E-state index in [-0.39, 0.29) is 35.9 Å². The standard InChI is InChI=1S/C18H20ClN5O4S/c1-3-23(4-2)29(27,28)15-6-7-16(17(9-15)24(25)26)20-10-14-12-22-11-13(19)5-8-18(22)21-14/h5-9,11-12,20H,3-4,10H2,1-2H3. The Morgan fingerprint density at radius 3 is 2.59 bits per heavy atom. The molecule has 0 aliphatic heterocycles. The highest BCUT2D eigenvalue weighted by Crippen LogP contribution is 2.29. The topological polar surface area (TPSA) is 110 Å². The minimum absolute atomic E-state index is 0.110. The first kappa shape index (κ1) is 21.0. The van der Waals surface area contributed by atoms with E-state index in [0.717, 1.165) is 6.07 Å². The Morgan fingerprint density at radius 2 is 1.93 bits per heavy atom. The Kier molecular flexibility index (Phi) is 6.06. The molecule has 1 aromatic carbocycles. The fourth-order valence-corrected chi connectivity index (χ4v) is 4.62. The molecule has 0 atom stereocenters. The maximum absolute atomic E-state index is 12.6. The molecule has 1 N–H and O–H groups in total. The van der Waals surface area contributed by atoms with E-state index in [1.807, 2.05) is 0 Å². The van der Waals surface area contributed by atoms with E-state index < -0.39 is 14.9 Å². The third-order valence-corrected chi connectivity index (χ3v) is 6.70. The number of nitrogens with one attached hydrogen (secondary N) is 1. The molecule has 0 radical (unpaired) electrons. The van der Waals surface area contributed by atoms with Crippen molar-refractivity contribution < 1.29 is 13.3 Å². The van der Waals surface area contributed by atoms with Gasteiger partial charge in [0.1, 0.15) is 11.3 Å². The molecule has 3 rings (SSSR count). The van der Waals surface area contributed by atoms with Gasteiger partial charge in [0.25, 0.3) is 5.69 Å². The van der Waals surface area contributed by atoms with Gasteiger partial charge in [0.05, 0.1) is 27.1 Å². The van der Waals surface area contributed by atoms with E-state index in [2.05, 4.69) is 10.3 Å². The molecule has 0 saturated carbocycles. The van der Waals surface area contributed by atoms with Crippen LogP contribution in [0.25, 0.3) is 5.65 Å². The van der Waals surface area contributed by atoms with Gasteiger partial charge in [-0.25, -0.2) is 13.4 Å². The Hall–Kier alpha value is -2.69. The summed E-state index contributed by atoms with van der Waals surface area (Å²) in [6.45, 7) is 4.22. The Labute approximate surface area is 173 Å². The summed E-state index contributed by atoms with van der Waals surface area (Å²) in [6, 6.07) is 7.34. The van der Waals surface area contributed by atoms with Crippen molar-refractivity contribution in [3.05, 3.63) is 63.6 Å². The lowest BCUT2D eigenvalue weighted by Gasteiger charge is -2.18. The van der Waals surface area contributed by atoms with Crippen LogP contribution in [-0.4, -0.2) is 40.1 Å². The fourth-order valence-electron chi connectivity index (χ4n) is 2.97. The van der Waals surface area contributed by atoms with E-state index in [0.29, 0.717) is 16.4 Å². The van der Waals surface area contributed by atoms with Crippen LogP contribution in [0.4, 0.5) is 11.4 Å². The average molecular weight is 438 g/mol. The smallest absolute Gasteiger partial charge is 0.293 e. The molecule has 0 aliphatic rings. The summed E-state index contributed by atoms with van der Waals surface area (Å²) < 4.78 is 28.3. The van der Waals surface area contributed by atoms with Gasteiger partial charge in [0.15, 0.2) is 0 Å². The van der Waals surface area contributed by atoms with Crippen molar-refractivity contribution in [2.24, 2.45) is 0 Å². The van der Waals surface area contributed by atoms with E-state index in [1.165, 1.54) is 16.4 Å². The van der Waals surface area contributed by atoms with Crippen molar-refractivity contribution in [2.45, 2.75) is 25.3 Å². The minimum atomic E-state index is -3.79. The number of halogens is 1. The number of imidazole rings is 1. The zero-order chi connectivity index (χ0) is 21.2. The van der Waals surface area contributed by atoms with Crippen LogP contribution >= 0.6 is 11.6 Å². The van der Waals surface area contributed by atoms with Gasteiger partial charge < -0.3 is 9.72 Å². The summed E-state index contributed by atoms with van der Waals surface area (Å²) in [5.41, 5.74) is 1.25. The summed E-state index contributed by atoms with van der Waals surface area (Å²) in [4.78, 5) is 15.2. The summed E-state index contributed by atoms with van der Waals surface area (Å²) >= 11 is 5.96. The van der Waals surface area contributed by atoms with E-state index in [4.69, 9.17) is 11.6 Å². The Balaban J connectivity index is 1.88. The second-order valence-electron chi connectivity index (χ2n) is 6.22. The highest BCUT2D eigenvalue weighted by Gasteiger charge is 2.25. The first-order valence-corrected chi connectivity index (χ1v) is 10.7. The lowest BCUT2D eigenvalue weighted by atomic mass is 10.2.